The molecule has 2 rings (SSSR count). The molecule has 2 aromatic rings. The Hall–Kier alpha value is -1.87. The Bertz CT molecular complexity index is 504. The Morgan fingerprint density at radius 2 is 1.95 bits per heavy atom. The van der Waals surface area contributed by atoms with Gasteiger partial charge in [-0.2, -0.15) is 0 Å². The standard InChI is InChI=1S/C16H20N2O/c1-17(13-15-7-3-2-4-8-15)10-6-12-18-11-5-9-16(18)14-19/h2-5,7-9,11,14H,6,10,12-13H2,1H3. The molecule has 0 amide bonds. The van der Waals surface area contributed by atoms with Crippen molar-refractivity contribution in [1.82, 2.24) is 9.47 Å². The number of aromatic nitrogens is 1. The van der Waals surface area contributed by atoms with E-state index >= 15 is 0 Å². The SMILES string of the molecule is CN(CCCn1cccc1C=O)Cc1ccccc1. The fourth-order valence-electron chi connectivity index (χ4n) is 2.22. The zero-order valence-corrected chi connectivity index (χ0v) is 11.3. The van der Waals surface area contributed by atoms with Gasteiger partial charge in [0.25, 0.3) is 0 Å². The van der Waals surface area contributed by atoms with E-state index in [1.54, 1.807) is 0 Å². The lowest BCUT2D eigenvalue weighted by Crippen LogP contribution is -2.20. The van der Waals surface area contributed by atoms with Crippen LogP contribution in [-0.4, -0.2) is 29.3 Å². The Balaban J connectivity index is 1.75. The van der Waals surface area contributed by atoms with E-state index in [1.165, 1.54) is 5.56 Å². The summed E-state index contributed by atoms with van der Waals surface area (Å²) in [6.07, 6.45) is 3.91. The largest absolute Gasteiger partial charge is 0.345 e. The van der Waals surface area contributed by atoms with Crippen molar-refractivity contribution in [3.63, 3.8) is 0 Å². The van der Waals surface area contributed by atoms with Crippen LogP contribution in [0.5, 0.6) is 0 Å². The molecule has 0 unspecified atom stereocenters. The van der Waals surface area contributed by atoms with Gasteiger partial charge < -0.3 is 9.47 Å². The Morgan fingerprint density at radius 1 is 1.16 bits per heavy atom. The van der Waals surface area contributed by atoms with Gasteiger partial charge >= 0.3 is 0 Å². The van der Waals surface area contributed by atoms with E-state index in [0.717, 1.165) is 38.0 Å². The molecule has 0 N–H and O–H groups in total. The lowest BCUT2D eigenvalue weighted by molar-refractivity contribution is 0.111. The maximum atomic E-state index is 10.8. The number of rotatable bonds is 7. The molecule has 1 heterocycles. The van der Waals surface area contributed by atoms with Gasteiger partial charge in [0, 0.05) is 19.3 Å². The molecule has 1 aromatic carbocycles. The second-order valence-electron chi connectivity index (χ2n) is 4.82. The molecule has 3 nitrogen and oxygen atoms in total. The minimum absolute atomic E-state index is 0.755. The molecule has 0 aliphatic heterocycles. The highest BCUT2D eigenvalue weighted by Crippen LogP contribution is 2.05. The number of aryl methyl sites for hydroxylation is 1. The first-order valence-electron chi connectivity index (χ1n) is 6.62. The number of aldehydes is 1. The van der Waals surface area contributed by atoms with Gasteiger partial charge in [0.2, 0.25) is 0 Å². The van der Waals surface area contributed by atoms with E-state index in [1.807, 2.05) is 29.0 Å². The molecule has 0 bridgehead atoms. The molecule has 1 aromatic heterocycles. The molecule has 0 spiro atoms. The first-order chi connectivity index (χ1) is 9.29. The maximum Gasteiger partial charge on any atom is 0.166 e. The summed E-state index contributed by atoms with van der Waals surface area (Å²) in [5.74, 6) is 0. The first kappa shape index (κ1) is 13.6. The van der Waals surface area contributed by atoms with Crippen molar-refractivity contribution in [2.75, 3.05) is 13.6 Å². The van der Waals surface area contributed by atoms with Crippen molar-refractivity contribution in [1.29, 1.82) is 0 Å². The normalized spacial score (nSPS) is 10.8. The van der Waals surface area contributed by atoms with Gasteiger partial charge in [-0.05, 0) is 37.7 Å². The average Bonchev–Trinajstić information content (AvgIpc) is 2.87. The smallest absolute Gasteiger partial charge is 0.166 e. The zero-order valence-electron chi connectivity index (χ0n) is 11.3. The van der Waals surface area contributed by atoms with Crippen molar-refractivity contribution >= 4 is 6.29 Å². The van der Waals surface area contributed by atoms with Gasteiger partial charge in [-0.25, -0.2) is 0 Å². The van der Waals surface area contributed by atoms with Crippen molar-refractivity contribution in [3.05, 3.63) is 59.9 Å². The van der Waals surface area contributed by atoms with Crippen LogP contribution < -0.4 is 0 Å². The third-order valence-electron chi connectivity index (χ3n) is 3.22. The average molecular weight is 256 g/mol. The van der Waals surface area contributed by atoms with Gasteiger partial charge in [0.15, 0.2) is 6.29 Å². The zero-order chi connectivity index (χ0) is 13.5. The molecule has 3 heteroatoms. The maximum absolute atomic E-state index is 10.8. The lowest BCUT2D eigenvalue weighted by atomic mass is 10.2. The van der Waals surface area contributed by atoms with Crippen molar-refractivity contribution in [2.24, 2.45) is 0 Å². The third-order valence-corrected chi connectivity index (χ3v) is 3.22. The van der Waals surface area contributed by atoms with E-state index in [4.69, 9.17) is 0 Å². The molecular formula is C16H20N2O. The summed E-state index contributed by atoms with van der Waals surface area (Å²) in [5.41, 5.74) is 2.09. The monoisotopic (exact) mass is 256 g/mol. The van der Waals surface area contributed by atoms with Crippen molar-refractivity contribution < 1.29 is 4.79 Å². The molecule has 0 aliphatic carbocycles. The molecule has 0 aliphatic rings. The van der Waals surface area contributed by atoms with Crippen molar-refractivity contribution in [2.45, 2.75) is 19.5 Å². The molecule has 0 saturated heterocycles. The van der Waals surface area contributed by atoms with Crippen molar-refractivity contribution in [3.8, 4) is 0 Å². The van der Waals surface area contributed by atoms with E-state index in [9.17, 15) is 4.79 Å². The third kappa shape index (κ3) is 4.07. The summed E-state index contributed by atoms with van der Waals surface area (Å²) in [7, 11) is 2.13. The number of carbonyl (C=O) groups is 1. The molecule has 19 heavy (non-hydrogen) atoms. The van der Waals surface area contributed by atoms with Crippen LogP contribution in [0.3, 0.4) is 0 Å². The fourth-order valence-corrected chi connectivity index (χ4v) is 2.22. The summed E-state index contributed by atoms with van der Waals surface area (Å²) in [6, 6.07) is 14.2. The summed E-state index contributed by atoms with van der Waals surface area (Å²) < 4.78 is 2.00. The van der Waals surface area contributed by atoms with Gasteiger partial charge in [-0.3, -0.25) is 4.79 Å². The molecule has 100 valence electrons. The highest BCUT2D eigenvalue weighted by Gasteiger charge is 2.02. The Labute approximate surface area is 114 Å². The minimum Gasteiger partial charge on any atom is -0.345 e. The quantitative estimate of drug-likeness (QED) is 0.712. The molecule has 0 saturated carbocycles. The van der Waals surface area contributed by atoms with Crippen LogP contribution in [0.15, 0.2) is 48.7 Å². The summed E-state index contributed by atoms with van der Waals surface area (Å²) in [6.45, 7) is 2.87. The van der Waals surface area contributed by atoms with Crippen LogP contribution in [-0.2, 0) is 13.1 Å². The van der Waals surface area contributed by atoms with Gasteiger partial charge in [-0.15, -0.1) is 0 Å². The predicted molar refractivity (Wildman–Crippen MR) is 77.2 cm³/mol. The van der Waals surface area contributed by atoms with Crippen LogP contribution in [0.1, 0.15) is 22.5 Å². The number of carbonyl (C=O) groups excluding carboxylic acids is 1. The van der Waals surface area contributed by atoms with Gasteiger partial charge in [0.05, 0.1) is 5.69 Å². The Morgan fingerprint density at radius 3 is 2.68 bits per heavy atom. The van der Waals surface area contributed by atoms with Crippen LogP contribution in [0.25, 0.3) is 0 Å². The Kier molecular flexibility index (Phi) is 4.93. The topological polar surface area (TPSA) is 25.2 Å². The molecule has 0 radical (unpaired) electrons. The number of hydrogen-bond acceptors (Lipinski definition) is 2. The van der Waals surface area contributed by atoms with Gasteiger partial charge in [0.1, 0.15) is 0 Å². The van der Waals surface area contributed by atoms with Crippen LogP contribution in [0.2, 0.25) is 0 Å². The van der Waals surface area contributed by atoms with Crippen LogP contribution in [0.4, 0.5) is 0 Å². The highest BCUT2D eigenvalue weighted by molar-refractivity contribution is 5.72. The number of benzene rings is 1. The fraction of sp³-hybridized carbons (Fsp3) is 0.312. The first-order valence-corrected chi connectivity index (χ1v) is 6.62. The minimum atomic E-state index is 0.755. The second-order valence-corrected chi connectivity index (χ2v) is 4.82. The van der Waals surface area contributed by atoms with Gasteiger partial charge in [-0.1, -0.05) is 30.3 Å². The predicted octanol–water partition coefficient (Wildman–Crippen LogP) is 2.82. The second kappa shape index (κ2) is 6.90. The highest BCUT2D eigenvalue weighted by atomic mass is 16.1. The number of hydrogen-bond donors (Lipinski definition) is 0. The van der Waals surface area contributed by atoms with E-state index < -0.39 is 0 Å². The molecule has 0 fully saturated rings. The summed E-state index contributed by atoms with van der Waals surface area (Å²) in [5, 5.41) is 0. The molecule has 0 atom stereocenters. The van der Waals surface area contributed by atoms with Crippen LogP contribution >= 0.6 is 0 Å². The van der Waals surface area contributed by atoms with Crippen LogP contribution in [0, 0.1) is 0 Å². The lowest BCUT2D eigenvalue weighted by Gasteiger charge is -2.17. The van der Waals surface area contributed by atoms with E-state index in [0.29, 0.717) is 0 Å². The summed E-state index contributed by atoms with van der Waals surface area (Å²) in [4.78, 5) is 13.1. The van der Waals surface area contributed by atoms with E-state index in [2.05, 4.69) is 36.2 Å². The van der Waals surface area contributed by atoms with E-state index in [-0.39, 0.29) is 0 Å². The summed E-state index contributed by atoms with van der Waals surface area (Å²) >= 11 is 0. The molecular weight excluding hydrogens is 236 g/mol. The number of nitrogens with zero attached hydrogens (tertiary/aromatic N) is 2.